The highest BCUT2D eigenvalue weighted by atomic mass is 79.9. The minimum atomic E-state index is -0.780. The van der Waals surface area contributed by atoms with Crippen LogP contribution in [0.1, 0.15) is 35.2 Å². The third kappa shape index (κ3) is 6.94. The van der Waals surface area contributed by atoms with Gasteiger partial charge in [0.15, 0.2) is 4.80 Å². The molecule has 2 heterocycles. The minimum Gasteiger partial charge on any atom is -0.497 e. The van der Waals surface area contributed by atoms with Gasteiger partial charge in [0.05, 0.1) is 50.1 Å². The summed E-state index contributed by atoms with van der Waals surface area (Å²) in [7, 11) is 1.59. The molecule has 6 rings (SSSR count). The number of esters is 1. The van der Waals surface area contributed by atoms with Crippen LogP contribution in [0.25, 0.3) is 11.8 Å². The zero-order valence-corrected chi connectivity index (χ0v) is 29.1. The first-order chi connectivity index (χ1) is 22.8. The molecule has 0 N–H and O–H groups in total. The molecule has 47 heavy (non-hydrogen) atoms. The number of thiazole rings is 1. The lowest BCUT2D eigenvalue weighted by Crippen LogP contribution is -2.40. The molecule has 0 saturated carbocycles. The molecule has 1 aliphatic rings. The van der Waals surface area contributed by atoms with Gasteiger partial charge in [-0.05, 0) is 82.0 Å². The van der Waals surface area contributed by atoms with Crippen molar-refractivity contribution in [2.24, 2.45) is 4.99 Å². The van der Waals surface area contributed by atoms with Crippen molar-refractivity contribution < 1.29 is 19.0 Å². The van der Waals surface area contributed by atoms with Gasteiger partial charge in [-0.1, -0.05) is 89.1 Å². The highest BCUT2D eigenvalue weighted by molar-refractivity contribution is 9.10. The monoisotopic (exact) mass is 748 g/mol. The fourth-order valence-corrected chi connectivity index (χ4v) is 7.04. The predicted molar refractivity (Wildman–Crippen MR) is 189 cm³/mol. The van der Waals surface area contributed by atoms with Gasteiger partial charge in [0.25, 0.3) is 5.56 Å². The fraction of sp³-hybridized carbons (Fsp3) is 0.139. The lowest BCUT2D eigenvalue weighted by Gasteiger charge is -2.26. The molecule has 0 spiro atoms. The van der Waals surface area contributed by atoms with Gasteiger partial charge in [-0.25, -0.2) is 9.79 Å². The normalized spacial score (nSPS) is 14.4. The Bertz CT molecular complexity index is 2180. The van der Waals surface area contributed by atoms with Crippen LogP contribution >= 0.6 is 50.5 Å². The van der Waals surface area contributed by atoms with Crippen LogP contribution in [0.2, 0.25) is 10.0 Å². The summed E-state index contributed by atoms with van der Waals surface area (Å²) in [6, 6.07) is 26.9. The second kappa shape index (κ2) is 14.3. The van der Waals surface area contributed by atoms with Crippen molar-refractivity contribution in [2.45, 2.75) is 19.6 Å². The molecule has 0 fully saturated rings. The number of halogens is 3. The van der Waals surface area contributed by atoms with E-state index >= 15 is 0 Å². The van der Waals surface area contributed by atoms with Crippen molar-refractivity contribution in [2.75, 3.05) is 13.7 Å². The summed E-state index contributed by atoms with van der Waals surface area (Å²) in [6.07, 6.45) is 1.80. The van der Waals surface area contributed by atoms with Crippen LogP contribution in [-0.4, -0.2) is 24.3 Å². The SMILES string of the molecule is CCOC(=O)C1=C(c2ccccc2)N=c2s/c(=C\c3ccc(OCc4ccc(Cl)c(Cl)c4)c(Br)c3)c(=O)n2[C@H]1c1ccc(OC)cc1. The smallest absolute Gasteiger partial charge is 0.338 e. The largest absolute Gasteiger partial charge is 0.497 e. The Balaban J connectivity index is 1.44. The van der Waals surface area contributed by atoms with E-state index in [9.17, 15) is 9.59 Å². The third-order valence-corrected chi connectivity index (χ3v) is 9.78. The van der Waals surface area contributed by atoms with Crippen molar-refractivity contribution in [3.05, 3.63) is 153 Å². The maximum absolute atomic E-state index is 14.2. The fourth-order valence-electron chi connectivity index (χ4n) is 5.21. The second-order valence-corrected chi connectivity index (χ2v) is 13.1. The van der Waals surface area contributed by atoms with E-state index in [1.165, 1.54) is 11.3 Å². The number of hydrogen-bond acceptors (Lipinski definition) is 7. The number of hydrogen-bond donors (Lipinski definition) is 0. The number of nitrogens with zero attached hydrogens (tertiary/aromatic N) is 2. The molecule has 5 aromatic rings. The molecule has 1 aliphatic heterocycles. The van der Waals surface area contributed by atoms with Crippen LogP contribution in [0.5, 0.6) is 11.5 Å². The van der Waals surface area contributed by atoms with E-state index in [0.29, 0.717) is 47.7 Å². The summed E-state index contributed by atoms with van der Waals surface area (Å²) in [6.45, 7) is 2.22. The number of aromatic nitrogens is 1. The highest BCUT2D eigenvalue weighted by Gasteiger charge is 2.35. The summed E-state index contributed by atoms with van der Waals surface area (Å²) >= 11 is 17.0. The Morgan fingerprint density at radius 3 is 2.45 bits per heavy atom. The summed E-state index contributed by atoms with van der Waals surface area (Å²) in [5.41, 5.74) is 3.58. The lowest BCUT2D eigenvalue weighted by atomic mass is 9.93. The van der Waals surface area contributed by atoms with Crippen molar-refractivity contribution >= 4 is 68.2 Å². The van der Waals surface area contributed by atoms with Crippen LogP contribution < -0.4 is 24.4 Å². The van der Waals surface area contributed by atoms with Gasteiger partial charge in [0, 0.05) is 5.56 Å². The van der Waals surface area contributed by atoms with E-state index in [1.54, 1.807) is 48.9 Å². The molecule has 238 valence electrons. The van der Waals surface area contributed by atoms with Gasteiger partial charge >= 0.3 is 5.97 Å². The van der Waals surface area contributed by atoms with Crippen LogP contribution in [0.3, 0.4) is 0 Å². The molecule has 11 heteroatoms. The number of ether oxygens (including phenoxy) is 3. The molecule has 0 radical (unpaired) electrons. The van der Waals surface area contributed by atoms with Gasteiger partial charge in [0.1, 0.15) is 18.1 Å². The van der Waals surface area contributed by atoms with Crippen molar-refractivity contribution in [1.29, 1.82) is 0 Å². The molecule has 0 amide bonds. The predicted octanol–water partition coefficient (Wildman–Crippen LogP) is 7.59. The Labute approximate surface area is 293 Å². The van der Waals surface area contributed by atoms with E-state index < -0.39 is 12.0 Å². The van der Waals surface area contributed by atoms with E-state index in [0.717, 1.165) is 22.3 Å². The molecule has 1 atom stereocenters. The molecule has 4 aromatic carbocycles. The topological polar surface area (TPSA) is 79.1 Å². The number of carbonyl (C=O) groups excluding carboxylic acids is 1. The Kier molecular flexibility index (Phi) is 9.98. The third-order valence-electron chi connectivity index (χ3n) is 7.44. The number of fused-ring (bicyclic) bond motifs is 1. The van der Waals surface area contributed by atoms with Gasteiger partial charge in [0.2, 0.25) is 0 Å². The first kappa shape index (κ1) is 32.8. The summed E-state index contributed by atoms with van der Waals surface area (Å²) in [5.74, 6) is 0.743. The molecule has 7 nitrogen and oxygen atoms in total. The first-order valence-electron chi connectivity index (χ1n) is 14.6. The molecular weight excluding hydrogens is 723 g/mol. The minimum absolute atomic E-state index is 0.173. The average Bonchev–Trinajstić information content (AvgIpc) is 3.39. The number of benzene rings is 4. The standard InChI is InChI=1S/C36H27BrCl2N2O5S/c1-3-45-35(43)31-32(23-7-5-4-6-8-23)40-36-41(33(31)24-11-13-25(44-2)14-12-24)34(42)30(47-36)19-21-10-16-29(26(37)17-21)46-20-22-9-15-27(38)28(39)18-22/h4-19,33H,3,20H2,1-2H3/b30-19-/t33-/m0/s1. The second-order valence-electron chi connectivity index (χ2n) is 10.4. The Morgan fingerprint density at radius 2 is 1.77 bits per heavy atom. The van der Waals surface area contributed by atoms with Crippen LogP contribution in [-0.2, 0) is 16.1 Å². The molecular formula is C36H27BrCl2N2O5S. The summed E-state index contributed by atoms with van der Waals surface area (Å²) < 4.78 is 19.7. The molecule has 0 bridgehead atoms. The summed E-state index contributed by atoms with van der Waals surface area (Å²) in [5, 5.41) is 0.943. The van der Waals surface area contributed by atoms with Gasteiger partial charge in [-0.3, -0.25) is 9.36 Å². The number of carbonyl (C=O) groups is 1. The molecule has 0 unspecified atom stereocenters. The number of rotatable bonds is 9. The van der Waals surface area contributed by atoms with Crippen molar-refractivity contribution in [1.82, 2.24) is 4.57 Å². The van der Waals surface area contributed by atoms with E-state index in [2.05, 4.69) is 15.9 Å². The zero-order chi connectivity index (χ0) is 33.1. The number of methoxy groups -OCH3 is 1. The first-order valence-corrected chi connectivity index (χ1v) is 16.9. The molecule has 0 saturated heterocycles. The maximum Gasteiger partial charge on any atom is 0.338 e. The van der Waals surface area contributed by atoms with E-state index in [4.69, 9.17) is 42.4 Å². The van der Waals surface area contributed by atoms with Gasteiger partial charge in [-0.15, -0.1) is 0 Å². The van der Waals surface area contributed by atoms with E-state index in [1.807, 2.05) is 66.7 Å². The lowest BCUT2D eigenvalue weighted by molar-refractivity contribution is -0.138. The van der Waals surface area contributed by atoms with Crippen molar-refractivity contribution in [3.8, 4) is 11.5 Å². The molecule has 1 aromatic heterocycles. The quantitative estimate of drug-likeness (QED) is 0.145. The Hall–Kier alpha value is -4.15. The van der Waals surface area contributed by atoms with Crippen LogP contribution in [0, 0.1) is 0 Å². The zero-order valence-electron chi connectivity index (χ0n) is 25.2. The summed E-state index contributed by atoms with van der Waals surface area (Å²) in [4.78, 5) is 33.2. The van der Waals surface area contributed by atoms with Gasteiger partial charge < -0.3 is 14.2 Å². The molecule has 0 aliphatic carbocycles. The average molecular weight is 750 g/mol. The van der Waals surface area contributed by atoms with Crippen LogP contribution in [0.4, 0.5) is 0 Å². The van der Waals surface area contributed by atoms with Gasteiger partial charge in [-0.2, -0.15) is 0 Å². The van der Waals surface area contributed by atoms with Crippen molar-refractivity contribution in [3.63, 3.8) is 0 Å². The maximum atomic E-state index is 14.2. The highest BCUT2D eigenvalue weighted by Crippen LogP contribution is 2.36. The van der Waals surface area contributed by atoms with E-state index in [-0.39, 0.29) is 17.7 Å². The van der Waals surface area contributed by atoms with Crippen LogP contribution in [0.15, 0.2) is 111 Å². The Morgan fingerprint density at radius 1 is 1.00 bits per heavy atom.